The molecule has 3 aromatic carbocycles. The average molecular weight is 450 g/mol. The predicted molar refractivity (Wildman–Crippen MR) is 116 cm³/mol. The maximum Gasteiger partial charge on any atom is 0.387 e. The Labute approximate surface area is 188 Å². The van der Waals surface area contributed by atoms with E-state index in [9.17, 15) is 8.78 Å². The number of rotatable bonds is 4. The Morgan fingerprint density at radius 1 is 0.909 bits per heavy atom. The van der Waals surface area contributed by atoms with Crippen molar-refractivity contribution >= 4 is 5.71 Å². The second kappa shape index (κ2) is 7.95. The highest BCUT2D eigenvalue weighted by atomic mass is 19.3. The van der Waals surface area contributed by atoms with E-state index in [1.165, 1.54) is 12.1 Å². The number of ether oxygens (including phenoxy) is 4. The minimum atomic E-state index is -2.87. The molecule has 0 saturated heterocycles. The second-order valence-electron chi connectivity index (χ2n) is 7.96. The first-order valence-corrected chi connectivity index (χ1v) is 10.7. The zero-order valence-electron chi connectivity index (χ0n) is 17.5. The van der Waals surface area contributed by atoms with Gasteiger partial charge < -0.3 is 18.9 Å². The van der Waals surface area contributed by atoms with Crippen LogP contribution in [0.15, 0.2) is 71.8 Å². The molecule has 33 heavy (non-hydrogen) atoms. The Kier molecular flexibility index (Phi) is 4.78. The molecular weight excluding hydrogens is 430 g/mol. The van der Waals surface area contributed by atoms with E-state index in [1.54, 1.807) is 12.1 Å². The van der Waals surface area contributed by atoms with E-state index in [1.807, 2.05) is 47.5 Å². The molecule has 3 heterocycles. The van der Waals surface area contributed by atoms with Crippen molar-refractivity contribution in [1.82, 2.24) is 5.01 Å². The Balaban J connectivity index is 1.36. The van der Waals surface area contributed by atoms with Gasteiger partial charge in [0.15, 0.2) is 11.5 Å². The van der Waals surface area contributed by atoms with Crippen LogP contribution >= 0.6 is 0 Å². The highest BCUT2D eigenvalue weighted by Gasteiger charge is 2.41. The summed E-state index contributed by atoms with van der Waals surface area (Å²) >= 11 is 0. The Hall–Kier alpha value is -3.81. The normalized spacial score (nSPS) is 20.6. The van der Waals surface area contributed by atoms with Crippen molar-refractivity contribution in [1.29, 1.82) is 0 Å². The van der Waals surface area contributed by atoms with Crippen molar-refractivity contribution in [3.05, 3.63) is 83.4 Å². The molecule has 0 spiro atoms. The molecule has 6 rings (SSSR count). The van der Waals surface area contributed by atoms with Gasteiger partial charge >= 0.3 is 6.61 Å². The van der Waals surface area contributed by atoms with Gasteiger partial charge in [0.25, 0.3) is 0 Å². The lowest BCUT2D eigenvalue weighted by atomic mass is 9.95. The first kappa shape index (κ1) is 19.8. The van der Waals surface area contributed by atoms with Gasteiger partial charge in [0.05, 0.1) is 11.8 Å². The average Bonchev–Trinajstić information content (AvgIpc) is 3.29. The van der Waals surface area contributed by atoms with Crippen molar-refractivity contribution in [2.45, 2.75) is 25.3 Å². The molecule has 2 atom stereocenters. The number of hydrogen-bond donors (Lipinski definition) is 0. The van der Waals surface area contributed by atoms with Crippen LogP contribution in [0.2, 0.25) is 0 Å². The standard InChI is InChI=1S/C25H20F2N2O4/c26-25(27)32-17-8-5-15(6-9-17)24-29-20(18-3-1-2-4-21(18)33-24)14-19(28-29)16-7-10-22-23(13-16)31-12-11-30-22/h1-10,13,20,24-25H,11-12,14H2/t20-,24+/m0/s1. The fraction of sp³-hybridized carbons (Fsp3) is 0.240. The molecule has 0 aliphatic carbocycles. The van der Waals surface area contributed by atoms with Crippen LogP contribution < -0.4 is 18.9 Å². The molecule has 8 heteroatoms. The highest BCUT2D eigenvalue weighted by Crippen LogP contribution is 2.48. The Bertz CT molecular complexity index is 1220. The summed E-state index contributed by atoms with van der Waals surface area (Å²) in [5, 5.41) is 6.88. The summed E-state index contributed by atoms with van der Waals surface area (Å²) < 4.78 is 47.3. The predicted octanol–water partition coefficient (Wildman–Crippen LogP) is 5.30. The van der Waals surface area contributed by atoms with E-state index in [0.717, 1.165) is 33.9 Å². The van der Waals surface area contributed by atoms with Gasteiger partial charge in [-0.3, -0.25) is 0 Å². The van der Waals surface area contributed by atoms with Crippen LogP contribution in [0.25, 0.3) is 0 Å². The van der Waals surface area contributed by atoms with Gasteiger partial charge in [0, 0.05) is 23.1 Å². The number of nitrogens with zero attached hydrogens (tertiary/aromatic N) is 2. The summed E-state index contributed by atoms with van der Waals surface area (Å²) in [6.45, 7) is -1.80. The molecule has 0 fully saturated rings. The maximum atomic E-state index is 12.5. The van der Waals surface area contributed by atoms with Crippen molar-refractivity contribution in [3.63, 3.8) is 0 Å². The summed E-state index contributed by atoms with van der Waals surface area (Å²) in [5.74, 6) is 2.34. The van der Waals surface area contributed by atoms with Gasteiger partial charge in [-0.05, 0) is 48.5 Å². The molecule has 0 radical (unpaired) electrons. The number of hydrazone groups is 1. The minimum Gasteiger partial charge on any atom is -0.486 e. The Morgan fingerprint density at radius 2 is 1.70 bits per heavy atom. The molecular formula is C25H20F2N2O4. The number of para-hydroxylation sites is 1. The summed E-state index contributed by atoms with van der Waals surface area (Å²) in [7, 11) is 0. The highest BCUT2D eigenvalue weighted by molar-refractivity contribution is 6.02. The zero-order chi connectivity index (χ0) is 22.4. The lowest BCUT2D eigenvalue weighted by molar-refractivity contribution is -0.0499. The third kappa shape index (κ3) is 3.61. The minimum absolute atomic E-state index is 0.0138. The summed E-state index contributed by atoms with van der Waals surface area (Å²) in [5.41, 5.74) is 3.73. The summed E-state index contributed by atoms with van der Waals surface area (Å²) in [6.07, 6.45) is 0.198. The van der Waals surface area contributed by atoms with E-state index in [4.69, 9.17) is 19.3 Å². The molecule has 0 N–H and O–H groups in total. The monoisotopic (exact) mass is 450 g/mol. The van der Waals surface area contributed by atoms with Crippen molar-refractivity contribution in [2.75, 3.05) is 13.2 Å². The summed E-state index contributed by atoms with van der Waals surface area (Å²) in [4.78, 5) is 0. The third-order valence-electron chi connectivity index (χ3n) is 5.96. The van der Waals surface area contributed by atoms with Gasteiger partial charge in [-0.25, -0.2) is 5.01 Å². The number of fused-ring (bicyclic) bond motifs is 4. The lowest BCUT2D eigenvalue weighted by Crippen LogP contribution is -2.33. The zero-order valence-corrected chi connectivity index (χ0v) is 17.5. The van der Waals surface area contributed by atoms with Crippen LogP contribution in [0.1, 0.15) is 35.4 Å². The summed E-state index contributed by atoms with van der Waals surface area (Å²) in [6, 6.07) is 20.2. The maximum absolute atomic E-state index is 12.5. The molecule has 168 valence electrons. The molecule has 3 aromatic rings. The molecule has 0 bridgehead atoms. The number of hydrogen-bond acceptors (Lipinski definition) is 6. The van der Waals surface area contributed by atoms with Crippen LogP contribution in [0, 0.1) is 0 Å². The molecule has 6 nitrogen and oxygen atoms in total. The van der Waals surface area contributed by atoms with Crippen molar-refractivity contribution in [2.24, 2.45) is 5.10 Å². The molecule has 0 aromatic heterocycles. The van der Waals surface area contributed by atoms with E-state index in [2.05, 4.69) is 4.74 Å². The quantitative estimate of drug-likeness (QED) is 0.540. The molecule has 3 aliphatic rings. The lowest BCUT2D eigenvalue weighted by Gasteiger charge is -2.38. The van der Waals surface area contributed by atoms with Crippen LogP contribution in [-0.2, 0) is 0 Å². The topological polar surface area (TPSA) is 52.5 Å². The van der Waals surface area contributed by atoms with Gasteiger partial charge in [-0.1, -0.05) is 18.2 Å². The van der Waals surface area contributed by atoms with Crippen LogP contribution in [0.3, 0.4) is 0 Å². The number of halogens is 2. The third-order valence-corrected chi connectivity index (χ3v) is 5.96. The number of alkyl halides is 2. The van der Waals surface area contributed by atoms with Gasteiger partial charge in [-0.2, -0.15) is 13.9 Å². The van der Waals surface area contributed by atoms with Crippen LogP contribution in [0.4, 0.5) is 8.78 Å². The van der Waals surface area contributed by atoms with Gasteiger partial charge in [0.1, 0.15) is 24.7 Å². The van der Waals surface area contributed by atoms with Crippen molar-refractivity contribution in [3.8, 4) is 23.0 Å². The first-order chi connectivity index (χ1) is 16.2. The molecule has 0 unspecified atom stereocenters. The van der Waals surface area contributed by atoms with Crippen LogP contribution in [0.5, 0.6) is 23.0 Å². The largest absolute Gasteiger partial charge is 0.486 e. The van der Waals surface area contributed by atoms with Crippen molar-refractivity contribution < 1.29 is 27.7 Å². The smallest absolute Gasteiger partial charge is 0.387 e. The number of benzene rings is 3. The molecule has 3 aliphatic heterocycles. The first-order valence-electron chi connectivity index (χ1n) is 10.7. The molecule has 0 amide bonds. The fourth-order valence-corrected chi connectivity index (χ4v) is 4.47. The second-order valence-corrected chi connectivity index (χ2v) is 7.96. The molecule has 0 saturated carbocycles. The SMILES string of the molecule is FC(F)Oc1ccc([C@H]2Oc3ccccc3[C@@H]3CC(c4ccc5c(c4)OCCO5)=NN23)cc1. The van der Waals surface area contributed by atoms with Crippen LogP contribution in [-0.4, -0.2) is 30.5 Å². The van der Waals surface area contributed by atoms with E-state index >= 15 is 0 Å². The van der Waals surface area contributed by atoms with E-state index in [0.29, 0.717) is 25.4 Å². The van der Waals surface area contributed by atoms with E-state index in [-0.39, 0.29) is 11.8 Å². The van der Waals surface area contributed by atoms with E-state index < -0.39 is 12.8 Å². The fourth-order valence-electron chi connectivity index (χ4n) is 4.47. The van der Waals surface area contributed by atoms with Gasteiger partial charge in [0.2, 0.25) is 6.23 Å². The van der Waals surface area contributed by atoms with Gasteiger partial charge in [-0.15, -0.1) is 0 Å². The Morgan fingerprint density at radius 3 is 2.52 bits per heavy atom.